The third kappa shape index (κ3) is 3.91. The number of benzene rings is 7. The molecule has 2 spiro atoms. The van der Waals surface area contributed by atoms with Crippen LogP contribution in [0, 0.1) is 40.9 Å². The average Bonchev–Trinajstić information content (AvgIpc) is 3.57. The molecule has 1 nitrogen and oxygen atoms in total. The number of hydrogen-bond donors (Lipinski definition) is 0. The third-order valence-corrected chi connectivity index (χ3v) is 18.0. The van der Waals surface area contributed by atoms with E-state index in [4.69, 9.17) is 0 Å². The molecule has 8 atom stereocenters. The Morgan fingerprint density at radius 3 is 2.08 bits per heavy atom. The predicted octanol–water partition coefficient (Wildman–Crippen LogP) is 14.8. The second-order valence-electron chi connectivity index (χ2n) is 21.1. The first kappa shape index (κ1) is 33.4. The van der Waals surface area contributed by atoms with Crippen LogP contribution in [0.5, 0.6) is 0 Å². The molecule has 0 radical (unpaired) electrons. The molecule has 7 aromatic rings. The highest BCUT2D eigenvalue weighted by Crippen LogP contribution is 3.01. The number of hydrogen-bond acceptors (Lipinski definition) is 1. The second-order valence-corrected chi connectivity index (χ2v) is 21.1. The van der Waals surface area contributed by atoms with Crippen molar-refractivity contribution in [1.29, 1.82) is 0 Å². The molecule has 0 aliphatic heterocycles. The lowest BCUT2D eigenvalue weighted by Crippen LogP contribution is -2.71. The van der Waals surface area contributed by atoms with Crippen LogP contribution in [0.15, 0.2) is 152 Å². The molecule has 7 aromatic carbocycles. The Morgan fingerprint density at radius 2 is 1.22 bits per heavy atom. The van der Waals surface area contributed by atoms with Crippen LogP contribution in [-0.2, 0) is 16.2 Å². The maximum absolute atomic E-state index is 2.60. The Bertz CT molecular complexity index is 2940. The lowest BCUT2D eigenvalue weighted by Gasteiger charge is -2.73. The fourth-order valence-electron chi connectivity index (χ4n) is 15.8. The molecule has 0 amide bonds. The summed E-state index contributed by atoms with van der Waals surface area (Å²) in [5.74, 6) is 5.69. The van der Waals surface area contributed by atoms with Crippen molar-refractivity contribution in [2.24, 2.45) is 40.9 Å². The van der Waals surface area contributed by atoms with Gasteiger partial charge in [0, 0.05) is 22.4 Å². The van der Waals surface area contributed by atoms with Crippen LogP contribution in [0.3, 0.4) is 0 Å². The van der Waals surface area contributed by atoms with Gasteiger partial charge in [-0.15, -0.1) is 0 Å². The SMILES string of the molecule is CC1(C)CCC(C)(C)c2cc(-c3cccc(N(c4ccc(-c5cccc6ccccc56)cc4)c4cccc5c4-c4ccccc4C54C5CC6CC57C5C6C5C47)c3)ccc21. The molecule has 5 fully saturated rings. The van der Waals surface area contributed by atoms with E-state index in [1.54, 1.807) is 11.1 Å². The van der Waals surface area contributed by atoms with Gasteiger partial charge in [-0.2, -0.15) is 0 Å². The molecule has 0 saturated heterocycles. The zero-order valence-electron chi connectivity index (χ0n) is 34.7. The topological polar surface area (TPSA) is 3.24 Å². The van der Waals surface area contributed by atoms with Crippen molar-refractivity contribution in [3.8, 4) is 33.4 Å². The Kier molecular flexibility index (Phi) is 6.15. The molecule has 7 aliphatic carbocycles. The zero-order chi connectivity index (χ0) is 39.2. The van der Waals surface area contributed by atoms with E-state index in [-0.39, 0.29) is 16.2 Å². The van der Waals surface area contributed by atoms with E-state index in [1.807, 2.05) is 0 Å². The minimum atomic E-state index is 0.158. The summed E-state index contributed by atoms with van der Waals surface area (Å²) in [6, 6.07) is 58.7. The van der Waals surface area contributed by atoms with Crippen molar-refractivity contribution in [3.63, 3.8) is 0 Å². The highest BCUT2D eigenvalue weighted by atomic mass is 15.1. The van der Waals surface area contributed by atoms with Crippen LogP contribution in [0.25, 0.3) is 44.2 Å². The number of nitrogens with zero attached hydrogens (tertiary/aromatic N) is 1. The van der Waals surface area contributed by atoms with E-state index < -0.39 is 0 Å². The van der Waals surface area contributed by atoms with Crippen LogP contribution < -0.4 is 4.90 Å². The molecule has 5 saturated carbocycles. The molecule has 14 rings (SSSR count). The summed E-state index contributed by atoms with van der Waals surface area (Å²) in [5, 5.41) is 2.58. The van der Waals surface area contributed by atoms with Crippen molar-refractivity contribution in [1.82, 2.24) is 0 Å². The van der Waals surface area contributed by atoms with Gasteiger partial charge in [0.05, 0.1) is 5.69 Å². The summed E-state index contributed by atoms with van der Waals surface area (Å²) in [6.45, 7) is 9.74. The minimum Gasteiger partial charge on any atom is -0.310 e. The van der Waals surface area contributed by atoms with E-state index in [0.29, 0.717) is 5.41 Å². The molecule has 0 N–H and O–H groups in total. The van der Waals surface area contributed by atoms with Gasteiger partial charge in [0.2, 0.25) is 0 Å². The fraction of sp³-hybridized carbons (Fsp3) is 0.310. The van der Waals surface area contributed by atoms with E-state index in [2.05, 4.69) is 184 Å². The van der Waals surface area contributed by atoms with Crippen molar-refractivity contribution in [3.05, 3.63) is 174 Å². The molecule has 0 aromatic heterocycles. The maximum Gasteiger partial charge on any atom is 0.0543 e. The summed E-state index contributed by atoms with van der Waals surface area (Å²) in [5.41, 5.74) is 19.3. The van der Waals surface area contributed by atoms with Gasteiger partial charge in [0.1, 0.15) is 0 Å². The minimum absolute atomic E-state index is 0.158. The zero-order valence-corrected chi connectivity index (χ0v) is 34.7. The molecular formula is C58H51N. The first-order valence-corrected chi connectivity index (χ1v) is 22.6. The molecule has 288 valence electrons. The van der Waals surface area contributed by atoms with Gasteiger partial charge in [-0.3, -0.25) is 0 Å². The lowest BCUT2D eigenvalue weighted by atomic mass is 9.30. The van der Waals surface area contributed by atoms with Crippen molar-refractivity contribution in [2.75, 3.05) is 4.90 Å². The normalized spacial score (nSPS) is 30.8. The summed E-state index contributed by atoms with van der Waals surface area (Å²) in [6.07, 6.45) is 5.41. The predicted molar refractivity (Wildman–Crippen MR) is 244 cm³/mol. The standard InChI is InChI=1S/C58H51N/c1-55(2)28-29-56(3,4)47-31-37(24-27-45(47)55)36-14-9-15-40(30-36)59(39-25-22-35(23-26-39)42-18-10-13-34-12-5-6-16-41(34)42)48-21-11-20-46-51(48)43-17-7-8-19-44(43)58(46)49-32-38-33-57(49)53-50(38)52(53)54(57)58/h5-27,30-31,38,49-50,52-54H,28-29,32-33H2,1-4H3. The summed E-state index contributed by atoms with van der Waals surface area (Å²) < 4.78 is 0. The molecular weight excluding hydrogens is 711 g/mol. The average molecular weight is 762 g/mol. The van der Waals surface area contributed by atoms with Crippen LogP contribution in [0.4, 0.5) is 17.1 Å². The van der Waals surface area contributed by atoms with Crippen LogP contribution in [0.1, 0.15) is 75.6 Å². The first-order chi connectivity index (χ1) is 28.7. The van der Waals surface area contributed by atoms with Gasteiger partial charge in [-0.05, 0) is 169 Å². The van der Waals surface area contributed by atoms with Crippen molar-refractivity contribution in [2.45, 2.75) is 69.6 Å². The van der Waals surface area contributed by atoms with Crippen LogP contribution in [0.2, 0.25) is 0 Å². The van der Waals surface area contributed by atoms with Gasteiger partial charge >= 0.3 is 0 Å². The largest absolute Gasteiger partial charge is 0.310 e. The maximum atomic E-state index is 2.60. The molecule has 59 heavy (non-hydrogen) atoms. The van der Waals surface area contributed by atoms with Gasteiger partial charge in [-0.1, -0.05) is 149 Å². The van der Waals surface area contributed by atoms with Crippen LogP contribution in [-0.4, -0.2) is 0 Å². The van der Waals surface area contributed by atoms with E-state index in [0.717, 1.165) is 35.5 Å². The Labute approximate surface area is 349 Å². The monoisotopic (exact) mass is 761 g/mol. The van der Waals surface area contributed by atoms with Crippen LogP contribution >= 0.6 is 0 Å². The Morgan fingerprint density at radius 1 is 0.525 bits per heavy atom. The van der Waals surface area contributed by atoms with Gasteiger partial charge in [0.25, 0.3) is 0 Å². The smallest absolute Gasteiger partial charge is 0.0543 e. The highest BCUT2D eigenvalue weighted by molar-refractivity contribution is 5.99. The fourth-order valence-corrected chi connectivity index (χ4v) is 15.8. The second kappa shape index (κ2) is 10.9. The quantitative estimate of drug-likeness (QED) is 0.169. The van der Waals surface area contributed by atoms with Gasteiger partial charge < -0.3 is 4.90 Å². The van der Waals surface area contributed by atoms with Crippen molar-refractivity contribution < 1.29 is 0 Å². The molecule has 0 heterocycles. The molecule has 8 unspecified atom stereocenters. The number of rotatable bonds is 5. The van der Waals surface area contributed by atoms with E-state index >= 15 is 0 Å². The molecule has 7 aliphatic rings. The van der Waals surface area contributed by atoms with Gasteiger partial charge in [0.15, 0.2) is 0 Å². The molecule has 2 bridgehead atoms. The highest BCUT2D eigenvalue weighted by Gasteiger charge is 2.98. The number of anilines is 3. The first-order valence-electron chi connectivity index (χ1n) is 22.6. The summed E-state index contributed by atoms with van der Waals surface area (Å²) in [7, 11) is 0. The molecule has 1 heteroatoms. The summed E-state index contributed by atoms with van der Waals surface area (Å²) in [4.78, 5) is 2.60. The third-order valence-electron chi connectivity index (χ3n) is 18.0. The lowest BCUT2D eigenvalue weighted by molar-refractivity contribution is -0.196. The van der Waals surface area contributed by atoms with Crippen molar-refractivity contribution >= 4 is 27.8 Å². The summed E-state index contributed by atoms with van der Waals surface area (Å²) >= 11 is 0. The Balaban J connectivity index is 0.956. The number of fused-ring (bicyclic) bond motifs is 13. The Hall–Kier alpha value is -5.40. The van der Waals surface area contributed by atoms with Gasteiger partial charge in [-0.25, -0.2) is 0 Å². The van der Waals surface area contributed by atoms with E-state index in [9.17, 15) is 0 Å². The van der Waals surface area contributed by atoms with E-state index in [1.165, 1.54) is 98.0 Å².